The van der Waals surface area contributed by atoms with Gasteiger partial charge >= 0.3 is 0 Å². The molecule has 1 atom stereocenters. The summed E-state index contributed by atoms with van der Waals surface area (Å²) in [7, 11) is 2.24. The average molecular weight is 260 g/mol. The van der Waals surface area contributed by atoms with Gasteiger partial charge in [-0.2, -0.15) is 0 Å². The first kappa shape index (κ1) is 14.5. The van der Waals surface area contributed by atoms with E-state index in [1.54, 1.807) is 0 Å². The van der Waals surface area contributed by atoms with Crippen LogP contribution in [0.3, 0.4) is 0 Å². The zero-order chi connectivity index (χ0) is 13.9. The Hall–Kier alpha value is -0.890. The standard InChI is InChI=1S/C17H28N2/c1-17(2,3)15-9-10-18-16(12-15)8-7-14-6-5-11-19(4)13-14/h9-10,12,14H,5-8,11,13H2,1-4H3. The smallest absolute Gasteiger partial charge is 0.0406 e. The third-order valence-corrected chi connectivity index (χ3v) is 4.21. The van der Waals surface area contributed by atoms with E-state index in [9.17, 15) is 0 Å². The summed E-state index contributed by atoms with van der Waals surface area (Å²) in [6.45, 7) is 9.33. The lowest BCUT2D eigenvalue weighted by Crippen LogP contribution is -2.32. The lowest BCUT2D eigenvalue weighted by atomic mass is 9.86. The molecule has 0 spiro atoms. The van der Waals surface area contributed by atoms with Crippen LogP contribution in [0.4, 0.5) is 0 Å². The van der Waals surface area contributed by atoms with Gasteiger partial charge in [0.1, 0.15) is 0 Å². The minimum atomic E-state index is 0.225. The summed E-state index contributed by atoms with van der Waals surface area (Å²) in [5.41, 5.74) is 2.89. The van der Waals surface area contributed by atoms with E-state index in [1.807, 2.05) is 6.20 Å². The Balaban J connectivity index is 1.92. The lowest BCUT2D eigenvalue weighted by molar-refractivity contribution is 0.202. The number of piperidine rings is 1. The van der Waals surface area contributed by atoms with Crippen LogP contribution in [0.5, 0.6) is 0 Å². The van der Waals surface area contributed by atoms with Crippen LogP contribution in [0.1, 0.15) is 51.3 Å². The molecule has 1 aromatic rings. The molecule has 1 aromatic heterocycles. The Morgan fingerprint density at radius 3 is 2.84 bits per heavy atom. The first-order valence-electron chi connectivity index (χ1n) is 7.59. The van der Waals surface area contributed by atoms with Crippen molar-refractivity contribution in [3.63, 3.8) is 0 Å². The van der Waals surface area contributed by atoms with Crippen LogP contribution in [0.2, 0.25) is 0 Å². The van der Waals surface area contributed by atoms with Gasteiger partial charge < -0.3 is 4.90 Å². The predicted molar refractivity (Wildman–Crippen MR) is 81.5 cm³/mol. The Labute approximate surface area is 118 Å². The van der Waals surface area contributed by atoms with Gasteiger partial charge in [0.2, 0.25) is 0 Å². The van der Waals surface area contributed by atoms with Gasteiger partial charge in [0, 0.05) is 18.4 Å². The number of aromatic nitrogens is 1. The van der Waals surface area contributed by atoms with Gasteiger partial charge in [0.05, 0.1) is 0 Å². The van der Waals surface area contributed by atoms with Crippen molar-refractivity contribution in [1.82, 2.24) is 9.88 Å². The van der Waals surface area contributed by atoms with Crippen LogP contribution in [0.15, 0.2) is 18.3 Å². The lowest BCUT2D eigenvalue weighted by Gasteiger charge is -2.29. The molecule has 0 aliphatic carbocycles. The maximum atomic E-state index is 4.54. The summed E-state index contributed by atoms with van der Waals surface area (Å²) in [6, 6.07) is 4.45. The van der Waals surface area contributed by atoms with Crippen LogP contribution < -0.4 is 0 Å². The highest BCUT2D eigenvalue weighted by Crippen LogP contribution is 2.24. The second-order valence-electron chi connectivity index (χ2n) is 7.10. The molecule has 106 valence electrons. The first-order valence-corrected chi connectivity index (χ1v) is 7.59. The maximum Gasteiger partial charge on any atom is 0.0406 e. The highest BCUT2D eigenvalue weighted by atomic mass is 15.1. The van der Waals surface area contributed by atoms with Gasteiger partial charge in [0.15, 0.2) is 0 Å². The van der Waals surface area contributed by atoms with E-state index in [-0.39, 0.29) is 5.41 Å². The number of aryl methyl sites for hydroxylation is 1. The summed E-state index contributed by atoms with van der Waals surface area (Å²) in [4.78, 5) is 7.01. The fraction of sp³-hybridized carbons (Fsp3) is 0.706. The normalized spacial score (nSPS) is 21.6. The molecule has 2 heterocycles. The fourth-order valence-corrected chi connectivity index (χ4v) is 2.94. The number of hydrogen-bond acceptors (Lipinski definition) is 2. The molecule has 0 aromatic carbocycles. The average Bonchev–Trinajstić information content (AvgIpc) is 2.36. The van der Waals surface area contributed by atoms with E-state index in [2.05, 4.69) is 49.8 Å². The predicted octanol–water partition coefficient (Wildman–Crippen LogP) is 3.65. The van der Waals surface area contributed by atoms with Crippen LogP contribution in [-0.4, -0.2) is 30.0 Å². The van der Waals surface area contributed by atoms with Crippen molar-refractivity contribution in [2.24, 2.45) is 5.92 Å². The highest BCUT2D eigenvalue weighted by Gasteiger charge is 2.18. The molecule has 2 nitrogen and oxygen atoms in total. The molecule has 0 N–H and O–H groups in total. The zero-order valence-electron chi connectivity index (χ0n) is 12.9. The molecule has 1 saturated heterocycles. The molecule has 1 aliphatic heterocycles. The third kappa shape index (κ3) is 4.31. The molecule has 19 heavy (non-hydrogen) atoms. The molecule has 0 amide bonds. The van der Waals surface area contributed by atoms with Gasteiger partial charge in [-0.15, -0.1) is 0 Å². The molecule has 2 rings (SSSR count). The molecule has 0 radical (unpaired) electrons. The Morgan fingerprint density at radius 2 is 2.16 bits per heavy atom. The van der Waals surface area contributed by atoms with Gasteiger partial charge in [0.25, 0.3) is 0 Å². The number of likely N-dealkylation sites (tertiary alicyclic amines) is 1. The minimum absolute atomic E-state index is 0.225. The van der Waals surface area contributed by atoms with E-state index in [0.717, 1.165) is 12.3 Å². The summed E-state index contributed by atoms with van der Waals surface area (Å²) in [5, 5.41) is 0. The monoisotopic (exact) mass is 260 g/mol. The zero-order valence-corrected chi connectivity index (χ0v) is 12.9. The summed E-state index contributed by atoms with van der Waals surface area (Å²) in [5.74, 6) is 0.860. The fourth-order valence-electron chi connectivity index (χ4n) is 2.94. The number of rotatable bonds is 3. The van der Waals surface area contributed by atoms with Crippen LogP contribution in [0, 0.1) is 5.92 Å². The largest absolute Gasteiger partial charge is 0.306 e. The molecular weight excluding hydrogens is 232 g/mol. The van der Waals surface area contributed by atoms with Crippen LogP contribution in [-0.2, 0) is 11.8 Å². The van der Waals surface area contributed by atoms with Crippen LogP contribution in [0.25, 0.3) is 0 Å². The topological polar surface area (TPSA) is 16.1 Å². The molecule has 1 unspecified atom stereocenters. The van der Waals surface area contributed by atoms with Gasteiger partial charge in [-0.1, -0.05) is 20.8 Å². The summed E-state index contributed by atoms with van der Waals surface area (Å²) in [6.07, 6.45) is 7.14. The molecule has 1 aliphatic rings. The minimum Gasteiger partial charge on any atom is -0.306 e. The molecular formula is C17H28N2. The third-order valence-electron chi connectivity index (χ3n) is 4.21. The quantitative estimate of drug-likeness (QED) is 0.824. The molecule has 1 fully saturated rings. The van der Waals surface area contributed by atoms with E-state index in [4.69, 9.17) is 0 Å². The Morgan fingerprint density at radius 1 is 1.37 bits per heavy atom. The van der Waals surface area contributed by atoms with Gasteiger partial charge in [-0.05, 0) is 68.3 Å². The van der Waals surface area contributed by atoms with Crippen molar-refractivity contribution in [2.45, 2.75) is 51.9 Å². The number of nitrogens with zero attached hydrogens (tertiary/aromatic N) is 2. The van der Waals surface area contributed by atoms with Crippen LogP contribution >= 0.6 is 0 Å². The van der Waals surface area contributed by atoms with Crippen molar-refractivity contribution in [3.05, 3.63) is 29.6 Å². The van der Waals surface area contributed by atoms with Crippen molar-refractivity contribution in [1.29, 1.82) is 0 Å². The second-order valence-corrected chi connectivity index (χ2v) is 7.10. The number of hydrogen-bond donors (Lipinski definition) is 0. The molecule has 0 saturated carbocycles. The van der Waals surface area contributed by atoms with E-state index < -0.39 is 0 Å². The highest BCUT2D eigenvalue weighted by molar-refractivity contribution is 5.23. The second kappa shape index (κ2) is 6.04. The number of pyridine rings is 1. The van der Waals surface area contributed by atoms with Gasteiger partial charge in [-0.3, -0.25) is 4.98 Å². The first-order chi connectivity index (χ1) is 8.95. The Kier molecular flexibility index (Phi) is 4.62. The van der Waals surface area contributed by atoms with Crippen molar-refractivity contribution in [2.75, 3.05) is 20.1 Å². The van der Waals surface area contributed by atoms with Gasteiger partial charge in [-0.25, -0.2) is 0 Å². The van der Waals surface area contributed by atoms with Crippen molar-refractivity contribution < 1.29 is 0 Å². The van der Waals surface area contributed by atoms with Crippen molar-refractivity contribution >= 4 is 0 Å². The molecule has 2 heteroatoms. The Bertz CT molecular complexity index is 406. The van der Waals surface area contributed by atoms with Crippen molar-refractivity contribution in [3.8, 4) is 0 Å². The summed E-state index contributed by atoms with van der Waals surface area (Å²) < 4.78 is 0. The maximum absolute atomic E-state index is 4.54. The SMILES string of the molecule is CN1CCCC(CCc2cc(C(C)(C)C)ccn2)C1. The molecule has 0 bridgehead atoms. The van der Waals surface area contributed by atoms with E-state index in [1.165, 1.54) is 43.6 Å². The summed E-state index contributed by atoms with van der Waals surface area (Å²) >= 11 is 0. The van der Waals surface area contributed by atoms with E-state index in [0.29, 0.717) is 0 Å². The van der Waals surface area contributed by atoms with E-state index >= 15 is 0 Å².